The number of nitrogens with one attached hydrogen (secondary N) is 2. The number of amides is 1. The van der Waals surface area contributed by atoms with Crippen LogP contribution in [-0.2, 0) is 9.84 Å². The van der Waals surface area contributed by atoms with E-state index in [1.807, 2.05) is 38.1 Å². The number of para-hydroxylation sites is 1. The Labute approximate surface area is 240 Å². The first kappa shape index (κ1) is 29.4. The van der Waals surface area contributed by atoms with Gasteiger partial charge >= 0.3 is 0 Å². The van der Waals surface area contributed by atoms with Crippen LogP contribution >= 0.6 is 0 Å². The largest absolute Gasteiger partial charge is 0.390 e. The lowest BCUT2D eigenvalue weighted by Crippen LogP contribution is -2.53. The molecule has 220 valence electrons. The van der Waals surface area contributed by atoms with E-state index in [-0.39, 0.29) is 47.7 Å². The predicted octanol–water partition coefficient (Wildman–Crippen LogP) is 2.40. The van der Waals surface area contributed by atoms with Gasteiger partial charge in [0.1, 0.15) is 10.9 Å². The number of aliphatic hydroxyl groups excluding tert-OH is 1. The molecule has 3 N–H and O–H groups in total. The number of carbonyl (C=O) groups excluding carboxylic acids is 1. The molecule has 2 aliphatic heterocycles. The highest BCUT2D eigenvalue weighted by molar-refractivity contribution is 7.90. The van der Waals surface area contributed by atoms with Crippen LogP contribution in [0.25, 0.3) is 10.9 Å². The molecule has 2 bridgehead atoms. The molecule has 2 saturated heterocycles. The minimum atomic E-state index is -3.46. The van der Waals surface area contributed by atoms with Gasteiger partial charge in [0.15, 0.2) is 9.84 Å². The fourth-order valence-corrected chi connectivity index (χ4v) is 7.55. The summed E-state index contributed by atoms with van der Waals surface area (Å²) >= 11 is 0. The van der Waals surface area contributed by atoms with Crippen LogP contribution in [0.5, 0.6) is 0 Å². The van der Waals surface area contributed by atoms with Crippen molar-refractivity contribution in [1.82, 2.24) is 25.1 Å². The number of nitrogens with zero attached hydrogens (tertiary/aromatic N) is 3. The highest BCUT2D eigenvalue weighted by Gasteiger charge is 2.42. The van der Waals surface area contributed by atoms with Crippen molar-refractivity contribution in [3.05, 3.63) is 76.3 Å². The third-order valence-electron chi connectivity index (χ3n) is 8.30. The van der Waals surface area contributed by atoms with Crippen LogP contribution in [0.2, 0.25) is 0 Å². The molecule has 10 nitrogen and oxygen atoms in total. The molecule has 4 heterocycles. The quantitative estimate of drug-likeness (QED) is 0.333. The molecular weight excluding hydrogens is 542 g/mol. The second-order valence-electron chi connectivity index (χ2n) is 11.7. The van der Waals surface area contributed by atoms with Crippen LogP contribution in [0.4, 0.5) is 0 Å². The maximum absolute atomic E-state index is 13.4. The Kier molecular flexibility index (Phi) is 8.60. The van der Waals surface area contributed by atoms with Gasteiger partial charge in [-0.05, 0) is 63.1 Å². The number of rotatable bonds is 10. The van der Waals surface area contributed by atoms with Crippen molar-refractivity contribution in [2.24, 2.45) is 0 Å². The van der Waals surface area contributed by atoms with Crippen LogP contribution in [0.1, 0.15) is 66.9 Å². The number of hydrogen-bond acceptors (Lipinski definition) is 8. The molecule has 41 heavy (non-hydrogen) atoms. The molecule has 11 heteroatoms. The van der Waals surface area contributed by atoms with E-state index in [1.54, 1.807) is 29.0 Å². The fraction of sp³-hybridized carbons (Fsp3) is 0.500. The number of fused-ring (bicyclic) bond motifs is 3. The van der Waals surface area contributed by atoms with Crippen molar-refractivity contribution in [3.8, 4) is 0 Å². The van der Waals surface area contributed by atoms with Crippen molar-refractivity contribution in [3.63, 3.8) is 0 Å². The number of benzene rings is 1. The Hall–Kier alpha value is -3.12. The molecule has 0 spiro atoms. The van der Waals surface area contributed by atoms with E-state index < -0.39 is 21.3 Å². The van der Waals surface area contributed by atoms with Gasteiger partial charge in [0.2, 0.25) is 0 Å². The number of aromatic nitrogens is 2. The van der Waals surface area contributed by atoms with Crippen molar-refractivity contribution < 1.29 is 18.3 Å². The minimum absolute atomic E-state index is 0.0647. The second kappa shape index (κ2) is 12.0. The van der Waals surface area contributed by atoms with Crippen molar-refractivity contribution in [2.75, 3.05) is 19.3 Å². The molecule has 2 unspecified atom stereocenters. The molecular formula is C30H39N5O5S. The van der Waals surface area contributed by atoms with Gasteiger partial charge in [0.05, 0.1) is 11.6 Å². The standard InChI is InChI=1S/C30H39N5O5S/c1-19(2)35-27-9-5-4-7-20(27)13-26(30(35)38)28(37)33-22-14-23-10-11-24(15-22)34(23)18-25(36)17-32-29(41(3,39)40)21-8-6-12-31-16-21/h4-9,12-13,16,19,22-25,29,32,36H,10-11,14-15,17-18H2,1-3H3,(H,33,37)/t22-,23-,24+,25?,29?. The van der Waals surface area contributed by atoms with Gasteiger partial charge in [-0.2, -0.15) is 0 Å². The number of pyridine rings is 2. The zero-order valence-corrected chi connectivity index (χ0v) is 24.5. The molecule has 1 aromatic carbocycles. The molecule has 1 amide bonds. The molecule has 0 radical (unpaired) electrons. The summed E-state index contributed by atoms with van der Waals surface area (Å²) in [5.41, 5.74) is 1.21. The average Bonchev–Trinajstić information content (AvgIpc) is 3.14. The molecule has 2 aliphatic rings. The summed E-state index contributed by atoms with van der Waals surface area (Å²) < 4.78 is 26.4. The van der Waals surface area contributed by atoms with Crippen LogP contribution in [-0.4, -0.2) is 77.5 Å². The smallest absolute Gasteiger partial charge is 0.264 e. The number of carbonyl (C=O) groups is 1. The first-order chi connectivity index (χ1) is 19.5. The van der Waals surface area contributed by atoms with Crippen molar-refractivity contribution in [2.45, 2.75) is 75.2 Å². The summed E-state index contributed by atoms with van der Waals surface area (Å²) in [5, 5.41) is 16.9. The summed E-state index contributed by atoms with van der Waals surface area (Å²) in [4.78, 5) is 33.0. The normalized spacial score (nSPS) is 22.6. The minimum Gasteiger partial charge on any atom is -0.390 e. The molecule has 0 saturated carbocycles. The van der Waals surface area contributed by atoms with Gasteiger partial charge in [-0.1, -0.05) is 24.3 Å². The first-order valence-corrected chi connectivity index (χ1v) is 16.2. The van der Waals surface area contributed by atoms with E-state index >= 15 is 0 Å². The molecule has 3 aromatic rings. The summed E-state index contributed by atoms with van der Waals surface area (Å²) in [6, 6.07) is 12.9. The highest BCUT2D eigenvalue weighted by Crippen LogP contribution is 2.36. The van der Waals surface area contributed by atoms with E-state index in [0.717, 1.165) is 36.6 Å². The molecule has 0 aliphatic carbocycles. The number of sulfone groups is 1. The van der Waals surface area contributed by atoms with Crippen LogP contribution in [0.15, 0.2) is 59.7 Å². The summed E-state index contributed by atoms with van der Waals surface area (Å²) in [5.74, 6) is -0.348. The van der Waals surface area contributed by atoms with Crippen LogP contribution in [0, 0.1) is 0 Å². The Bertz CT molecular complexity index is 1540. The van der Waals surface area contributed by atoms with Gasteiger partial charge in [0.25, 0.3) is 11.5 Å². The number of aliphatic hydroxyl groups is 1. The molecule has 2 aromatic heterocycles. The monoisotopic (exact) mass is 581 g/mol. The number of piperidine rings is 1. The first-order valence-electron chi connectivity index (χ1n) is 14.2. The molecule has 2 fully saturated rings. The van der Waals surface area contributed by atoms with E-state index in [1.165, 1.54) is 12.5 Å². The summed E-state index contributed by atoms with van der Waals surface area (Å²) in [6.07, 6.45) is 6.90. The fourth-order valence-electron chi connectivity index (χ4n) is 6.51. The van der Waals surface area contributed by atoms with Gasteiger partial charge in [-0.3, -0.25) is 24.8 Å². The van der Waals surface area contributed by atoms with E-state index in [2.05, 4.69) is 20.5 Å². The van der Waals surface area contributed by atoms with Crippen LogP contribution in [0.3, 0.4) is 0 Å². The predicted molar refractivity (Wildman–Crippen MR) is 158 cm³/mol. The Morgan fingerprint density at radius 2 is 1.83 bits per heavy atom. The number of hydrogen-bond donors (Lipinski definition) is 3. The van der Waals surface area contributed by atoms with Crippen LogP contribution < -0.4 is 16.2 Å². The zero-order chi connectivity index (χ0) is 29.3. The van der Waals surface area contributed by atoms with Crippen molar-refractivity contribution in [1.29, 1.82) is 0 Å². The highest BCUT2D eigenvalue weighted by atomic mass is 32.2. The maximum Gasteiger partial charge on any atom is 0.264 e. The Morgan fingerprint density at radius 1 is 1.12 bits per heavy atom. The SMILES string of the molecule is CC(C)n1c(=O)c(C(=O)N[C@@H]2C[C@H]3CC[C@@H](C2)N3CC(O)CNC(c2cccnc2)S(C)(=O)=O)cc2ccccc21. The van der Waals surface area contributed by atoms with Gasteiger partial charge in [-0.15, -0.1) is 0 Å². The third-order valence-corrected chi connectivity index (χ3v) is 9.60. The lowest BCUT2D eigenvalue weighted by molar-refractivity contribution is 0.0501. The lowest BCUT2D eigenvalue weighted by Gasteiger charge is -2.40. The Morgan fingerprint density at radius 3 is 2.46 bits per heavy atom. The average molecular weight is 582 g/mol. The van der Waals surface area contributed by atoms with Gasteiger partial charge in [-0.25, -0.2) is 8.42 Å². The van der Waals surface area contributed by atoms with E-state index in [0.29, 0.717) is 12.1 Å². The van der Waals surface area contributed by atoms with E-state index in [9.17, 15) is 23.1 Å². The molecule has 5 atom stereocenters. The third kappa shape index (κ3) is 6.38. The van der Waals surface area contributed by atoms with Gasteiger partial charge < -0.3 is 15.0 Å². The summed E-state index contributed by atoms with van der Waals surface area (Å²) in [6.45, 7) is 4.41. The van der Waals surface area contributed by atoms with E-state index in [4.69, 9.17) is 0 Å². The van der Waals surface area contributed by atoms with Crippen molar-refractivity contribution >= 4 is 26.6 Å². The lowest BCUT2D eigenvalue weighted by atomic mass is 9.96. The Balaban J connectivity index is 1.21. The topological polar surface area (TPSA) is 134 Å². The second-order valence-corrected chi connectivity index (χ2v) is 13.8. The van der Waals surface area contributed by atoms with Gasteiger partial charge in [0, 0.05) is 61.5 Å². The summed E-state index contributed by atoms with van der Waals surface area (Å²) in [7, 11) is -3.46. The zero-order valence-electron chi connectivity index (χ0n) is 23.7. The maximum atomic E-state index is 13.4. The molecule has 5 rings (SSSR count).